The molecule has 0 saturated heterocycles. The maximum Gasteiger partial charge on any atom is 0.191 e. The van der Waals surface area contributed by atoms with Crippen LogP contribution in [-0.2, 0) is 13.6 Å². The number of rotatable bonds is 9. The van der Waals surface area contributed by atoms with E-state index in [-0.39, 0.29) is 23.7 Å². The fraction of sp³-hybridized carbons (Fsp3) is 0.391. The van der Waals surface area contributed by atoms with Crippen molar-refractivity contribution in [2.45, 2.75) is 26.3 Å². The van der Waals surface area contributed by atoms with Crippen LogP contribution < -0.4 is 20.1 Å². The standard InChI is InChI=1S/C23H27F2N5O2/c1-13-16(12-30(2)29-13)18-7-17(26-9-14-5-6-14)15(10-27-18)11-28-23-21(24)19(31-3)8-20(32-4)22(23)25/h7-8,10,12,14,28H,5-6,9,11H2,1-4H3,(H,26,27). The van der Waals surface area contributed by atoms with Crippen LogP contribution in [0.4, 0.5) is 20.2 Å². The number of hydrogen-bond acceptors (Lipinski definition) is 6. The monoisotopic (exact) mass is 443 g/mol. The average Bonchev–Trinajstić information content (AvgIpc) is 3.55. The van der Waals surface area contributed by atoms with E-state index in [0.29, 0.717) is 5.92 Å². The molecule has 0 unspecified atom stereocenters. The van der Waals surface area contributed by atoms with Gasteiger partial charge in [0.05, 0.1) is 25.6 Å². The molecule has 0 spiro atoms. The van der Waals surface area contributed by atoms with Gasteiger partial charge in [0, 0.05) is 55.4 Å². The molecule has 2 heterocycles. The molecule has 3 aromatic rings. The lowest BCUT2D eigenvalue weighted by Crippen LogP contribution is -2.11. The van der Waals surface area contributed by atoms with Crippen molar-refractivity contribution in [2.75, 3.05) is 31.4 Å². The summed E-state index contributed by atoms with van der Waals surface area (Å²) >= 11 is 0. The minimum absolute atomic E-state index is 0.0987. The molecule has 0 atom stereocenters. The number of ether oxygens (including phenoxy) is 2. The van der Waals surface area contributed by atoms with Gasteiger partial charge in [-0.15, -0.1) is 0 Å². The van der Waals surface area contributed by atoms with Crippen molar-refractivity contribution in [3.05, 3.63) is 47.4 Å². The van der Waals surface area contributed by atoms with E-state index in [9.17, 15) is 8.78 Å². The fourth-order valence-corrected chi connectivity index (χ4v) is 3.59. The summed E-state index contributed by atoms with van der Waals surface area (Å²) < 4.78 is 41.2. The average molecular weight is 443 g/mol. The molecule has 7 nitrogen and oxygen atoms in total. The molecule has 0 aliphatic heterocycles. The van der Waals surface area contributed by atoms with E-state index < -0.39 is 11.6 Å². The van der Waals surface area contributed by atoms with E-state index in [1.54, 1.807) is 10.9 Å². The van der Waals surface area contributed by atoms with Crippen molar-refractivity contribution in [1.29, 1.82) is 0 Å². The summed E-state index contributed by atoms with van der Waals surface area (Å²) in [6, 6.07) is 3.15. The van der Waals surface area contributed by atoms with E-state index in [4.69, 9.17) is 9.47 Å². The van der Waals surface area contributed by atoms with Gasteiger partial charge >= 0.3 is 0 Å². The van der Waals surface area contributed by atoms with Crippen LogP contribution in [0, 0.1) is 24.5 Å². The highest BCUT2D eigenvalue weighted by atomic mass is 19.1. The molecule has 32 heavy (non-hydrogen) atoms. The van der Waals surface area contributed by atoms with Crippen LogP contribution in [-0.4, -0.2) is 35.5 Å². The summed E-state index contributed by atoms with van der Waals surface area (Å²) in [5, 5.41) is 10.7. The van der Waals surface area contributed by atoms with E-state index in [1.807, 2.05) is 26.2 Å². The molecular weight excluding hydrogens is 416 g/mol. The van der Waals surface area contributed by atoms with Gasteiger partial charge in [0.15, 0.2) is 23.1 Å². The zero-order valence-corrected chi connectivity index (χ0v) is 18.6. The number of nitrogens with one attached hydrogen (secondary N) is 2. The van der Waals surface area contributed by atoms with Gasteiger partial charge in [-0.05, 0) is 31.7 Å². The molecule has 0 amide bonds. The summed E-state index contributed by atoms with van der Waals surface area (Å²) in [5.74, 6) is -1.16. The van der Waals surface area contributed by atoms with Crippen molar-refractivity contribution in [3.8, 4) is 22.8 Å². The minimum atomic E-state index is -0.811. The number of methoxy groups -OCH3 is 2. The van der Waals surface area contributed by atoms with Gasteiger partial charge in [-0.25, -0.2) is 8.78 Å². The fourth-order valence-electron chi connectivity index (χ4n) is 3.59. The SMILES string of the molecule is COc1cc(OC)c(F)c(NCc2cnc(-c3cn(C)nc3C)cc2NCC2CC2)c1F. The quantitative estimate of drug-likeness (QED) is 0.507. The molecule has 0 bridgehead atoms. The van der Waals surface area contributed by atoms with E-state index in [1.165, 1.54) is 33.1 Å². The Morgan fingerprint density at radius 1 is 1.09 bits per heavy atom. The number of benzene rings is 1. The van der Waals surface area contributed by atoms with E-state index in [2.05, 4.69) is 20.7 Å². The molecule has 1 aromatic carbocycles. The Balaban J connectivity index is 1.63. The predicted molar refractivity (Wildman–Crippen MR) is 119 cm³/mol. The first-order valence-electron chi connectivity index (χ1n) is 10.5. The second-order valence-electron chi connectivity index (χ2n) is 7.99. The van der Waals surface area contributed by atoms with Gasteiger partial charge in [-0.1, -0.05) is 0 Å². The highest BCUT2D eigenvalue weighted by Gasteiger charge is 2.23. The Kier molecular flexibility index (Phi) is 6.16. The second-order valence-corrected chi connectivity index (χ2v) is 7.99. The number of halogens is 2. The Hall–Kier alpha value is -3.36. The zero-order chi connectivity index (χ0) is 22.8. The first-order valence-corrected chi connectivity index (χ1v) is 10.5. The second kappa shape index (κ2) is 9.02. The first kappa shape index (κ1) is 21.9. The molecule has 2 N–H and O–H groups in total. The molecule has 0 radical (unpaired) electrons. The summed E-state index contributed by atoms with van der Waals surface area (Å²) in [6.45, 7) is 2.94. The molecule has 2 aromatic heterocycles. The van der Waals surface area contributed by atoms with Crippen LogP contribution >= 0.6 is 0 Å². The number of hydrogen-bond donors (Lipinski definition) is 2. The Labute approximate surface area is 185 Å². The van der Waals surface area contributed by atoms with Gasteiger partial charge in [-0.3, -0.25) is 9.67 Å². The molecule has 170 valence electrons. The van der Waals surface area contributed by atoms with E-state index >= 15 is 0 Å². The van der Waals surface area contributed by atoms with Gasteiger partial charge in [0.25, 0.3) is 0 Å². The third kappa shape index (κ3) is 4.46. The lowest BCUT2D eigenvalue weighted by molar-refractivity contribution is 0.360. The molecule has 1 aliphatic rings. The lowest BCUT2D eigenvalue weighted by atomic mass is 10.1. The van der Waals surface area contributed by atoms with Gasteiger partial charge in [0.2, 0.25) is 0 Å². The summed E-state index contributed by atoms with van der Waals surface area (Å²) in [4.78, 5) is 4.58. The topological polar surface area (TPSA) is 73.2 Å². The Morgan fingerprint density at radius 2 is 1.78 bits per heavy atom. The Bertz CT molecular complexity index is 1100. The van der Waals surface area contributed by atoms with Crippen LogP contribution in [0.15, 0.2) is 24.5 Å². The Morgan fingerprint density at radius 3 is 2.34 bits per heavy atom. The molecule has 1 fully saturated rings. The van der Waals surface area contributed by atoms with Crippen LogP contribution in [0.2, 0.25) is 0 Å². The molecule has 1 saturated carbocycles. The van der Waals surface area contributed by atoms with Crippen LogP contribution in [0.5, 0.6) is 11.5 Å². The third-order valence-electron chi connectivity index (χ3n) is 5.58. The molecule has 1 aliphatic carbocycles. The smallest absolute Gasteiger partial charge is 0.191 e. The van der Waals surface area contributed by atoms with E-state index in [0.717, 1.165) is 34.7 Å². The van der Waals surface area contributed by atoms with Crippen molar-refractivity contribution in [1.82, 2.24) is 14.8 Å². The van der Waals surface area contributed by atoms with Crippen molar-refractivity contribution in [3.63, 3.8) is 0 Å². The van der Waals surface area contributed by atoms with Crippen LogP contribution in [0.3, 0.4) is 0 Å². The molecular formula is C23H27F2N5O2. The van der Waals surface area contributed by atoms with Crippen LogP contribution in [0.1, 0.15) is 24.1 Å². The summed E-state index contributed by atoms with van der Waals surface area (Å²) in [6.07, 6.45) is 6.06. The van der Waals surface area contributed by atoms with Crippen molar-refractivity contribution >= 4 is 11.4 Å². The first-order chi connectivity index (χ1) is 15.4. The molecule has 4 rings (SSSR count). The molecule has 9 heteroatoms. The zero-order valence-electron chi connectivity index (χ0n) is 18.6. The number of anilines is 2. The minimum Gasteiger partial charge on any atom is -0.493 e. The highest BCUT2D eigenvalue weighted by Crippen LogP contribution is 2.36. The number of aryl methyl sites for hydroxylation is 2. The lowest BCUT2D eigenvalue weighted by Gasteiger charge is -2.17. The van der Waals surface area contributed by atoms with Crippen molar-refractivity contribution in [2.24, 2.45) is 13.0 Å². The number of pyridine rings is 1. The maximum atomic E-state index is 14.7. The van der Waals surface area contributed by atoms with Gasteiger partial charge < -0.3 is 20.1 Å². The summed E-state index contributed by atoms with van der Waals surface area (Å²) in [5.41, 5.74) is 3.96. The largest absolute Gasteiger partial charge is 0.493 e. The van der Waals surface area contributed by atoms with Gasteiger partial charge in [0.1, 0.15) is 5.69 Å². The number of nitrogens with zero attached hydrogens (tertiary/aromatic N) is 3. The predicted octanol–water partition coefficient (Wildman–Crippen LogP) is 4.52. The van der Waals surface area contributed by atoms with Crippen LogP contribution in [0.25, 0.3) is 11.3 Å². The third-order valence-corrected chi connectivity index (χ3v) is 5.58. The normalized spacial score (nSPS) is 13.2. The summed E-state index contributed by atoms with van der Waals surface area (Å²) in [7, 11) is 4.51. The maximum absolute atomic E-state index is 14.7. The van der Waals surface area contributed by atoms with Crippen molar-refractivity contribution < 1.29 is 18.3 Å². The number of aromatic nitrogens is 3. The highest BCUT2D eigenvalue weighted by molar-refractivity contribution is 5.68. The van der Waals surface area contributed by atoms with Gasteiger partial charge in [-0.2, -0.15) is 5.10 Å².